The lowest BCUT2D eigenvalue weighted by Gasteiger charge is -2.51. The van der Waals surface area contributed by atoms with Crippen LogP contribution >= 0.6 is 11.8 Å². The monoisotopic (exact) mass is 587 g/mol. The zero-order valence-electron chi connectivity index (χ0n) is 21.2. The van der Waals surface area contributed by atoms with Crippen molar-refractivity contribution in [3.05, 3.63) is 98.5 Å². The van der Waals surface area contributed by atoms with Crippen molar-refractivity contribution in [2.45, 2.75) is 36.9 Å². The lowest BCUT2D eigenvalue weighted by Crippen LogP contribution is -2.66. The third-order valence-corrected chi connectivity index (χ3v) is 8.29. The Kier molecular flexibility index (Phi) is 8.02. The number of rotatable bonds is 4. The Morgan fingerprint density at radius 1 is 1.12 bits per heavy atom. The fourth-order valence-corrected chi connectivity index (χ4v) is 6.49. The number of thioether (sulfide) groups is 1. The smallest absolute Gasteiger partial charge is 0.436 e. The van der Waals surface area contributed by atoms with E-state index in [1.54, 1.807) is 15.6 Å². The van der Waals surface area contributed by atoms with Crippen molar-refractivity contribution in [1.29, 1.82) is 0 Å². The van der Waals surface area contributed by atoms with Gasteiger partial charge in [0.1, 0.15) is 18.5 Å². The molecule has 1 amide bonds. The van der Waals surface area contributed by atoms with E-state index in [0.717, 1.165) is 23.6 Å². The first-order valence-electron chi connectivity index (χ1n) is 12.4. The van der Waals surface area contributed by atoms with Gasteiger partial charge in [-0.05, 0) is 23.3 Å². The van der Waals surface area contributed by atoms with Crippen molar-refractivity contribution >= 4 is 23.8 Å². The van der Waals surface area contributed by atoms with Crippen LogP contribution in [0.15, 0.2) is 58.4 Å². The van der Waals surface area contributed by atoms with Gasteiger partial charge in [-0.2, -0.15) is 4.89 Å². The van der Waals surface area contributed by atoms with Crippen molar-refractivity contribution in [2.24, 2.45) is 0 Å². The third-order valence-electron chi connectivity index (χ3n) is 7.17. The van der Waals surface area contributed by atoms with Gasteiger partial charge in [0, 0.05) is 35.0 Å². The highest BCUT2D eigenvalue weighted by molar-refractivity contribution is 7.98. The molecule has 2 aromatic carbocycles. The summed E-state index contributed by atoms with van der Waals surface area (Å²) in [5, 5.41) is 1.85. The van der Waals surface area contributed by atoms with Crippen LogP contribution in [-0.2, 0) is 31.6 Å². The van der Waals surface area contributed by atoms with E-state index in [4.69, 9.17) is 9.62 Å². The molecule has 0 radical (unpaired) electrons. The number of carbonyl (C=O) groups is 2. The zero-order valence-corrected chi connectivity index (χ0v) is 22.0. The van der Waals surface area contributed by atoms with E-state index in [2.05, 4.69) is 9.62 Å². The summed E-state index contributed by atoms with van der Waals surface area (Å²) in [6.07, 6.45) is -0.296. The minimum absolute atomic E-state index is 0. The van der Waals surface area contributed by atoms with Gasteiger partial charge in [0.15, 0.2) is 17.1 Å². The van der Waals surface area contributed by atoms with Gasteiger partial charge < -0.3 is 14.4 Å². The van der Waals surface area contributed by atoms with Crippen LogP contribution < -0.4 is 10.4 Å². The number of ether oxygens (including phenoxy) is 2. The Hall–Kier alpha value is -3.94. The van der Waals surface area contributed by atoms with Crippen LogP contribution in [0.1, 0.15) is 46.2 Å². The van der Waals surface area contributed by atoms with Gasteiger partial charge in [-0.3, -0.25) is 24.2 Å². The number of fused-ring (bicyclic) bond motifs is 4. The SMILES string of the molecule is C.COC(=O)OOCc1c2n(ccc1=O)N([C@@H]1c3ccccc3SCc3c1ccc(F)c3F)[C@@H]1COCCN1C2=O. The summed E-state index contributed by atoms with van der Waals surface area (Å²) in [4.78, 5) is 50.1. The molecule has 3 aliphatic rings. The van der Waals surface area contributed by atoms with E-state index in [0.29, 0.717) is 5.56 Å². The highest BCUT2D eigenvalue weighted by Crippen LogP contribution is 2.45. The molecule has 10 nitrogen and oxygen atoms in total. The maximum atomic E-state index is 15.3. The summed E-state index contributed by atoms with van der Waals surface area (Å²) in [6.45, 7) is 0.124. The average Bonchev–Trinajstić information content (AvgIpc) is 3.13. The Labute approximate surface area is 238 Å². The van der Waals surface area contributed by atoms with Crippen LogP contribution in [0.2, 0.25) is 0 Å². The highest BCUT2D eigenvalue weighted by Gasteiger charge is 2.46. The summed E-state index contributed by atoms with van der Waals surface area (Å²) in [7, 11) is 1.10. The molecule has 0 aliphatic carbocycles. The lowest BCUT2D eigenvalue weighted by atomic mass is 9.93. The molecule has 3 aromatic rings. The summed E-state index contributed by atoms with van der Waals surface area (Å²) in [5.41, 5.74) is 0.987. The van der Waals surface area contributed by atoms with Crippen LogP contribution in [0.4, 0.5) is 13.6 Å². The van der Waals surface area contributed by atoms with Gasteiger partial charge in [0.2, 0.25) is 0 Å². The van der Waals surface area contributed by atoms with Crippen LogP contribution in [0.5, 0.6) is 0 Å². The third kappa shape index (κ3) is 4.83. The van der Waals surface area contributed by atoms with Crippen LogP contribution in [0.25, 0.3) is 0 Å². The molecule has 13 heteroatoms. The van der Waals surface area contributed by atoms with E-state index in [1.165, 1.54) is 24.0 Å². The maximum Gasteiger partial charge on any atom is 0.540 e. The molecular weight excluding hydrogens is 560 g/mol. The minimum atomic E-state index is -1.12. The van der Waals surface area contributed by atoms with Crippen LogP contribution in [-0.4, -0.2) is 54.7 Å². The molecule has 0 saturated carbocycles. The molecule has 0 unspecified atom stereocenters. The molecule has 1 fully saturated rings. The van der Waals surface area contributed by atoms with Crippen molar-refractivity contribution < 1.29 is 37.6 Å². The number of methoxy groups -OCH3 is 1. The second kappa shape index (κ2) is 11.5. The summed E-state index contributed by atoms with van der Waals surface area (Å²) in [6, 6.07) is 10.8. The van der Waals surface area contributed by atoms with Gasteiger partial charge in [-0.25, -0.2) is 13.6 Å². The molecule has 4 heterocycles. The standard InChI is InChI=1S/C27H23F2N3O7S.CH4/c1-36-27(35)39-38-12-17-20(33)8-9-31-25(17)26(34)30-10-11-37-13-22(30)32(31)24-15-6-7-19(28)23(29)18(15)14-40-21-5-3-2-4-16(21)24;/h2-9,22,24H,10-14H2,1H3;1H4/t22-,24+;/m1./s1. The molecule has 0 bridgehead atoms. The fraction of sp³-hybridized carbons (Fsp3) is 0.321. The van der Waals surface area contributed by atoms with Gasteiger partial charge in [0.05, 0.1) is 31.9 Å². The lowest BCUT2D eigenvalue weighted by molar-refractivity contribution is -0.262. The Bertz CT molecular complexity index is 1570. The largest absolute Gasteiger partial charge is 0.540 e. The molecule has 0 N–H and O–H groups in total. The molecule has 0 spiro atoms. The highest BCUT2D eigenvalue weighted by atomic mass is 32.2. The van der Waals surface area contributed by atoms with Crippen molar-refractivity contribution in [3.63, 3.8) is 0 Å². The van der Waals surface area contributed by atoms with Crippen molar-refractivity contribution in [1.82, 2.24) is 9.58 Å². The van der Waals surface area contributed by atoms with Crippen LogP contribution in [0, 0.1) is 11.6 Å². The van der Waals surface area contributed by atoms with Crippen molar-refractivity contribution in [3.8, 4) is 0 Å². The van der Waals surface area contributed by atoms with Crippen molar-refractivity contribution in [2.75, 3.05) is 31.9 Å². The number of pyridine rings is 1. The number of aromatic nitrogens is 1. The molecule has 3 aliphatic heterocycles. The first-order valence-corrected chi connectivity index (χ1v) is 13.4. The molecular formula is C28H27F2N3O7S. The quantitative estimate of drug-likeness (QED) is 0.254. The Morgan fingerprint density at radius 2 is 1.93 bits per heavy atom. The summed E-state index contributed by atoms with van der Waals surface area (Å²) in [5.74, 6) is -2.12. The zero-order chi connectivity index (χ0) is 28.0. The number of nitrogens with zero attached hydrogens (tertiary/aromatic N) is 3. The Morgan fingerprint density at radius 3 is 2.73 bits per heavy atom. The number of amides is 1. The van der Waals surface area contributed by atoms with E-state index >= 15 is 4.39 Å². The summed E-state index contributed by atoms with van der Waals surface area (Å²) >= 11 is 1.39. The number of carbonyl (C=O) groups excluding carboxylic acids is 2. The number of hydrogen-bond donors (Lipinski definition) is 0. The number of hydrogen-bond acceptors (Lipinski definition) is 9. The predicted octanol–water partition coefficient (Wildman–Crippen LogP) is 4.12. The van der Waals surface area contributed by atoms with Crippen LogP contribution in [0.3, 0.4) is 0 Å². The predicted molar refractivity (Wildman–Crippen MR) is 144 cm³/mol. The number of morpholine rings is 1. The van der Waals surface area contributed by atoms with E-state index in [9.17, 15) is 18.8 Å². The molecule has 1 saturated heterocycles. The molecule has 6 rings (SSSR count). The molecule has 216 valence electrons. The second-order valence-corrected chi connectivity index (χ2v) is 10.3. The molecule has 1 aromatic heterocycles. The first-order chi connectivity index (χ1) is 19.4. The number of benzene rings is 2. The van der Waals surface area contributed by atoms with Gasteiger partial charge in [0.25, 0.3) is 5.91 Å². The van der Waals surface area contributed by atoms with Gasteiger partial charge in [-0.1, -0.05) is 31.7 Å². The molecule has 2 atom stereocenters. The fourth-order valence-electron chi connectivity index (χ4n) is 5.37. The maximum absolute atomic E-state index is 15.3. The average molecular weight is 588 g/mol. The van der Waals surface area contributed by atoms with Gasteiger partial charge >= 0.3 is 6.16 Å². The molecule has 41 heavy (non-hydrogen) atoms. The number of halogens is 2. The van der Waals surface area contributed by atoms with E-state index in [1.807, 2.05) is 29.3 Å². The second-order valence-electron chi connectivity index (χ2n) is 9.24. The Balaban J connectivity index is 0.00000337. The van der Waals surface area contributed by atoms with E-state index < -0.39 is 47.9 Å². The normalized spacial score (nSPS) is 19.1. The minimum Gasteiger partial charge on any atom is -0.436 e. The first kappa shape index (κ1) is 28.6. The van der Waals surface area contributed by atoms with Gasteiger partial charge in [-0.15, -0.1) is 11.8 Å². The summed E-state index contributed by atoms with van der Waals surface area (Å²) < 4.78 is 41.4. The topological polar surface area (TPSA) is 99.5 Å². The van der Waals surface area contributed by atoms with E-state index in [-0.39, 0.29) is 49.8 Å².